The Morgan fingerprint density at radius 2 is 1.74 bits per heavy atom. The summed E-state index contributed by atoms with van der Waals surface area (Å²) in [6.07, 6.45) is 9.40. The van der Waals surface area contributed by atoms with Gasteiger partial charge in [-0.2, -0.15) is 0 Å². The summed E-state index contributed by atoms with van der Waals surface area (Å²) in [4.78, 5) is 12.2. The van der Waals surface area contributed by atoms with E-state index in [0.29, 0.717) is 5.57 Å². The van der Waals surface area contributed by atoms with Crippen LogP contribution in [0.25, 0.3) is 6.08 Å². The number of rotatable bonds is 4. The molecule has 1 aliphatic rings. The maximum atomic E-state index is 12.2. The molecule has 1 aromatic rings. The fourth-order valence-corrected chi connectivity index (χ4v) is 3.01. The van der Waals surface area contributed by atoms with Crippen LogP contribution in [-0.4, -0.2) is 36.3 Å². The monoisotopic (exact) mass is 334 g/mol. The molecule has 4 heteroatoms. The highest BCUT2D eigenvalue weighted by Crippen LogP contribution is 2.55. The fraction of sp³-hybridized carbons (Fsp3) is 0.421. The lowest BCUT2D eigenvalue weighted by Gasteiger charge is -2.45. The molecule has 0 aliphatic heterocycles. The van der Waals surface area contributed by atoms with Crippen LogP contribution in [0.3, 0.4) is 0 Å². The molecule has 0 N–H and O–H groups in total. The third-order valence-electron chi connectivity index (χ3n) is 4.27. The minimum atomic E-state index is -1.30. The van der Waals surface area contributed by atoms with Crippen molar-refractivity contribution >= 4 is 22.2 Å². The topological polar surface area (TPSA) is 35.5 Å². The number of methoxy groups -OCH3 is 1. The minimum absolute atomic E-state index is 0.0231. The van der Waals surface area contributed by atoms with Gasteiger partial charge in [-0.15, -0.1) is 10.3 Å². The van der Waals surface area contributed by atoms with Gasteiger partial charge >= 0.3 is 0 Å². The van der Waals surface area contributed by atoms with Gasteiger partial charge in [0.05, 0.1) is 7.11 Å². The van der Waals surface area contributed by atoms with Crippen molar-refractivity contribution in [2.75, 3.05) is 19.6 Å². The fourth-order valence-electron chi connectivity index (χ4n) is 2.04. The van der Waals surface area contributed by atoms with Gasteiger partial charge < -0.3 is 8.92 Å². The van der Waals surface area contributed by atoms with Crippen LogP contribution in [0.1, 0.15) is 26.3 Å². The number of carbonyl (C=O) groups excluding carboxylic acids is 1. The number of ether oxygens (including phenoxy) is 1. The summed E-state index contributed by atoms with van der Waals surface area (Å²) in [5.41, 5.74) is 1.66. The quantitative estimate of drug-likeness (QED) is 0.767. The molecule has 0 spiro atoms. The molecule has 1 aromatic carbocycles. The molecule has 1 unspecified atom stereocenters. The average Bonchev–Trinajstić information content (AvgIpc) is 2.79. The van der Waals surface area contributed by atoms with Crippen molar-refractivity contribution in [3.8, 4) is 5.75 Å². The largest absolute Gasteiger partial charge is 0.497 e. The maximum Gasteiger partial charge on any atom is 0.184 e. The smallest absolute Gasteiger partial charge is 0.184 e. The van der Waals surface area contributed by atoms with Gasteiger partial charge in [0, 0.05) is 10.3 Å². The number of benzene rings is 1. The lowest BCUT2D eigenvalue weighted by Crippen LogP contribution is -2.28. The van der Waals surface area contributed by atoms with Crippen molar-refractivity contribution in [1.29, 1.82) is 0 Å². The van der Waals surface area contributed by atoms with E-state index in [0.717, 1.165) is 11.3 Å². The van der Waals surface area contributed by atoms with Gasteiger partial charge in [-0.05, 0) is 48.4 Å². The van der Waals surface area contributed by atoms with Crippen molar-refractivity contribution < 1.29 is 13.7 Å². The van der Waals surface area contributed by atoms with Crippen molar-refractivity contribution in [2.45, 2.75) is 31.6 Å². The molecule has 0 aromatic heterocycles. The van der Waals surface area contributed by atoms with Crippen LogP contribution >= 0.6 is 10.3 Å². The first-order chi connectivity index (χ1) is 10.6. The minimum Gasteiger partial charge on any atom is -0.497 e. The Bertz CT molecular complexity index is 634. The molecule has 1 aliphatic carbocycles. The first-order valence-electron chi connectivity index (χ1n) is 7.63. The summed E-state index contributed by atoms with van der Waals surface area (Å²) < 4.78 is 11.6. The van der Waals surface area contributed by atoms with E-state index in [9.17, 15) is 4.79 Å². The second-order valence-corrected chi connectivity index (χ2v) is 10.8. The third kappa shape index (κ3) is 4.06. The molecule has 0 saturated carbocycles. The average molecular weight is 334 g/mol. The number of allylic oxidation sites excluding steroid dienone is 1. The van der Waals surface area contributed by atoms with E-state index in [1.165, 1.54) is 0 Å². The second-order valence-electron chi connectivity index (χ2n) is 6.96. The Hall–Kier alpha value is -1.52. The predicted molar refractivity (Wildman–Crippen MR) is 99.2 cm³/mol. The van der Waals surface area contributed by atoms with Crippen LogP contribution in [0.5, 0.6) is 5.75 Å². The zero-order valence-corrected chi connectivity index (χ0v) is 15.6. The molecule has 2 rings (SSSR count). The van der Waals surface area contributed by atoms with Crippen LogP contribution in [-0.2, 0) is 8.98 Å². The highest BCUT2D eigenvalue weighted by molar-refractivity contribution is 8.29. The Morgan fingerprint density at radius 3 is 2.26 bits per heavy atom. The van der Waals surface area contributed by atoms with Crippen LogP contribution in [0, 0.1) is 0 Å². The molecule has 0 saturated heterocycles. The number of hydrogen-bond donors (Lipinski definition) is 0. The highest BCUT2D eigenvalue weighted by Gasteiger charge is 2.34. The summed E-state index contributed by atoms with van der Waals surface area (Å²) in [6.45, 7) is 6.53. The van der Waals surface area contributed by atoms with E-state index in [1.54, 1.807) is 13.2 Å². The predicted octanol–water partition coefficient (Wildman–Crippen LogP) is 4.38. The van der Waals surface area contributed by atoms with Gasteiger partial charge in [0.25, 0.3) is 0 Å². The van der Waals surface area contributed by atoms with Crippen LogP contribution < -0.4 is 4.74 Å². The second kappa shape index (κ2) is 6.54. The summed E-state index contributed by atoms with van der Waals surface area (Å²) in [5, 5.41) is 0. The Labute approximate surface area is 140 Å². The maximum absolute atomic E-state index is 12.2. The van der Waals surface area contributed by atoms with Gasteiger partial charge in [-0.25, -0.2) is 0 Å². The molecular formula is C19H26O3S. The highest BCUT2D eigenvalue weighted by atomic mass is 32.3. The zero-order chi connectivity index (χ0) is 17.3. The van der Waals surface area contributed by atoms with Crippen LogP contribution in [0.2, 0.25) is 0 Å². The van der Waals surface area contributed by atoms with E-state index in [2.05, 4.69) is 33.3 Å². The molecule has 0 heterocycles. The molecule has 0 amide bonds. The molecule has 23 heavy (non-hydrogen) atoms. The van der Waals surface area contributed by atoms with E-state index < -0.39 is 10.3 Å². The number of hydrogen-bond acceptors (Lipinski definition) is 3. The summed E-state index contributed by atoms with van der Waals surface area (Å²) in [6, 6.07) is 7.66. The van der Waals surface area contributed by atoms with Crippen molar-refractivity contribution in [3.63, 3.8) is 0 Å². The molecule has 126 valence electrons. The first kappa shape index (κ1) is 17.8. The Balaban J connectivity index is 2.25. The standard InChI is InChI=1S/C19H26O3S/c1-19(2,3)23(5,6)22-18-12-11-17(20)16(18)13-14-7-9-15(21-4)10-8-14/h7-13,18H,1-6H3/b16-13+. The SMILES string of the molecule is COc1ccc(/C=C2\C(=O)C=CC2OS(C)(C)C(C)(C)C)cc1. The lowest BCUT2D eigenvalue weighted by molar-refractivity contribution is -0.111. The summed E-state index contributed by atoms with van der Waals surface area (Å²) in [7, 11) is 0.333. The molecule has 0 bridgehead atoms. The molecular weight excluding hydrogens is 308 g/mol. The third-order valence-corrected chi connectivity index (χ3v) is 7.91. The van der Waals surface area contributed by atoms with E-state index in [-0.39, 0.29) is 16.6 Å². The number of carbonyl (C=O) groups is 1. The van der Waals surface area contributed by atoms with E-state index >= 15 is 0 Å². The molecule has 0 radical (unpaired) electrons. The van der Waals surface area contributed by atoms with Gasteiger partial charge in [0.1, 0.15) is 11.9 Å². The van der Waals surface area contributed by atoms with Crippen molar-refractivity contribution in [3.05, 3.63) is 47.6 Å². The van der Waals surface area contributed by atoms with E-state index in [4.69, 9.17) is 8.92 Å². The molecule has 0 fully saturated rings. The normalized spacial score (nSPS) is 21.0. The molecule has 1 atom stereocenters. The molecule has 3 nitrogen and oxygen atoms in total. The van der Waals surface area contributed by atoms with Crippen molar-refractivity contribution in [2.24, 2.45) is 0 Å². The number of ketones is 1. The van der Waals surface area contributed by atoms with Gasteiger partial charge in [-0.1, -0.05) is 32.9 Å². The van der Waals surface area contributed by atoms with E-state index in [1.807, 2.05) is 36.4 Å². The Kier molecular flexibility index (Phi) is 5.07. The van der Waals surface area contributed by atoms with Crippen LogP contribution in [0.4, 0.5) is 0 Å². The van der Waals surface area contributed by atoms with Gasteiger partial charge in [0.2, 0.25) is 0 Å². The van der Waals surface area contributed by atoms with Crippen LogP contribution in [0.15, 0.2) is 42.0 Å². The summed E-state index contributed by atoms with van der Waals surface area (Å²) in [5.74, 6) is 0.823. The lowest BCUT2D eigenvalue weighted by atomic mass is 10.1. The summed E-state index contributed by atoms with van der Waals surface area (Å²) >= 11 is 0. The van der Waals surface area contributed by atoms with Gasteiger partial charge in [0.15, 0.2) is 5.78 Å². The van der Waals surface area contributed by atoms with Gasteiger partial charge in [-0.3, -0.25) is 4.79 Å². The Morgan fingerprint density at radius 1 is 1.13 bits per heavy atom. The first-order valence-corrected chi connectivity index (χ1v) is 10.0. The zero-order valence-electron chi connectivity index (χ0n) is 14.8. The van der Waals surface area contributed by atoms with Crippen molar-refractivity contribution in [1.82, 2.24) is 0 Å².